The number of carbonyl (C=O) groups excluding carboxylic acids is 1. The molecule has 0 fully saturated rings. The Morgan fingerprint density at radius 1 is 1.47 bits per heavy atom. The Balaban J connectivity index is 2.87. The van der Waals surface area contributed by atoms with E-state index in [4.69, 9.17) is 20.4 Å². The molecule has 0 unspecified atom stereocenters. The van der Waals surface area contributed by atoms with E-state index in [2.05, 4.69) is 10.5 Å². The maximum atomic E-state index is 11.6. The Labute approximate surface area is 111 Å². The second-order valence-corrected chi connectivity index (χ2v) is 3.69. The van der Waals surface area contributed by atoms with Gasteiger partial charge in [-0.2, -0.15) is 0 Å². The topological polar surface area (TPSA) is 106 Å². The standard InChI is InChI=1S/C12H17N3O4/c1-18-6-5-11(16)14-9-4-3-8(12(13)15-17)7-10(9)19-2/h3-4,7,17H,5-6H2,1-2H3,(H2,13,15)(H,14,16). The Hall–Kier alpha value is -2.28. The van der Waals surface area contributed by atoms with Crippen LogP contribution in [-0.4, -0.2) is 37.8 Å². The lowest BCUT2D eigenvalue weighted by molar-refractivity contribution is -0.117. The first-order chi connectivity index (χ1) is 9.12. The van der Waals surface area contributed by atoms with Crippen molar-refractivity contribution in [3.8, 4) is 5.75 Å². The number of amidine groups is 1. The van der Waals surface area contributed by atoms with Gasteiger partial charge >= 0.3 is 0 Å². The fourth-order valence-electron chi connectivity index (χ4n) is 1.42. The van der Waals surface area contributed by atoms with Gasteiger partial charge in [-0.25, -0.2) is 0 Å². The molecule has 1 aromatic rings. The molecular formula is C12H17N3O4. The molecule has 104 valence electrons. The van der Waals surface area contributed by atoms with Gasteiger partial charge in [-0.3, -0.25) is 4.79 Å². The van der Waals surface area contributed by atoms with Gasteiger partial charge in [-0.05, 0) is 18.2 Å². The number of methoxy groups -OCH3 is 2. The van der Waals surface area contributed by atoms with Gasteiger partial charge in [-0.15, -0.1) is 0 Å². The maximum Gasteiger partial charge on any atom is 0.226 e. The van der Waals surface area contributed by atoms with Gasteiger partial charge in [0.05, 0.1) is 25.8 Å². The van der Waals surface area contributed by atoms with E-state index >= 15 is 0 Å². The van der Waals surface area contributed by atoms with Crippen LogP contribution in [0.25, 0.3) is 0 Å². The van der Waals surface area contributed by atoms with E-state index in [1.54, 1.807) is 18.2 Å². The number of nitrogens with one attached hydrogen (secondary N) is 1. The molecule has 0 aliphatic carbocycles. The molecule has 0 bridgehead atoms. The molecule has 0 saturated heterocycles. The van der Waals surface area contributed by atoms with Crippen LogP contribution in [-0.2, 0) is 9.53 Å². The first-order valence-electron chi connectivity index (χ1n) is 5.57. The monoisotopic (exact) mass is 267 g/mol. The summed E-state index contributed by atoms with van der Waals surface area (Å²) in [4.78, 5) is 11.6. The summed E-state index contributed by atoms with van der Waals surface area (Å²) in [7, 11) is 3.00. The van der Waals surface area contributed by atoms with Crippen molar-refractivity contribution in [3.05, 3.63) is 23.8 Å². The molecule has 0 spiro atoms. The number of amides is 1. The van der Waals surface area contributed by atoms with Crippen LogP contribution < -0.4 is 15.8 Å². The van der Waals surface area contributed by atoms with E-state index in [0.717, 1.165) is 0 Å². The molecule has 1 rings (SSSR count). The number of hydrogen-bond donors (Lipinski definition) is 3. The van der Waals surface area contributed by atoms with E-state index in [0.29, 0.717) is 23.6 Å². The summed E-state index contributed by atoms with van der Waals surface area (Å²) in [6, 6.07) is 4.81. The summed E-state index contributed by atoms with van der Waals surface area (Å²) in [6.07, 6.45) is 0.252. The largest absolute Gasteiger partial charge is 0.495 e. The van der Waals surface area contributed by atoms with E-state index < -0.39 is 0 Å². The van der Waals surface area contributed by atoms with E-state index in [9.17, 15) is 4.79 Å². The highest BCUT2D eigenvalue weighted by Crippen LogP contribution is 2.25. The van der Waals surface area contributed by atoms with Crippen LogP contribution in [0.5, 0.6) is 5.75 Å². The average Bonchev–Trinajstić information content (AvgIpc) is 2.44. The Bertz CT molecular complexity index is 474. The molecule has 0 heterocycles. The van der Waals surface area contributed by atoms with Gasteiger partial charge in [0.15, 0.2) is 5.84 Å². The fourth-order valence-corrected chi connectivity index (χ4v) is 1.42. The summed E-state index contributed by atoms with van der Waals surface area (Å²) in [5.74, 6) is 0.210. The highest BCUT2D eigenvalue weighted by atomic mass is 16.5. The van der Waals surface area contributed by atoms with Crippen molar-refractivity contribution in [3.63, 3.8) is 0 Å². The number of anilines is 1. The SMILES string of the molecule is COCCC(=O)Nc1ccc(/C(N)=N/O)cc1OC. The van der Waals surface area contributed by atoms with Crippen molar-refractivity contribution < 1.29 is 19.5 Å². The normalized spacial score (nSPS) is 11.2. The van der Waals surface area contributed by atoms with Gasteiger partial charge < -0.3 is 25.7 Å². The maximum absolute atomic E-state index is 11.6. The number of nitrogens with zero attached hydrogens (tertiary/aromatic N) is 1. The van der Waals surface area contributed by atoms with Crippen LogP contribution >= 0.6 is 0 Å². The summed E-state index contributed by atoms with van der Waals surface area (Å²) in [5, 5.41) is 14.2. The van der Waals surface area contributed by atoms with Crippen molar-refractivity contribution in [2.24, 2.45) is 10.9 Å². The molecule has 0 aromatic heterocycles. The van der Waals surface area contributed by atoms with Crippen molar-refractivity contribution in [1.29, 1.82) is 0 Å². The molecule has 7 nitrogen and oxygen atoms in total. The lowest BCUT2D eigenvalue weighted by Crippen LogP contribution is -2.16. The second-order valence-electron chi connectivity index (χ2n) is 3.69. The number of carbonyl (C=O) groups is 1. The van der Waals surface area contributed by atoms with Gasteiger partial charge in [0.2, 0.25) is 5.91 Å². The summed E-state index contributed by atoms with van der Waals surface area (Å²) in [6.45, 7) is 0.344. The minimum atomic E-state index is -0.184. The second kappa shape index (κ2) is 7.22. The van der Waals surface area contributed by atoms with Crippen molar-refractivity contribution in [2.75, 3.05) is 26.1 Å². The molecular weight excluding hydrogens is 250 g/mol. The summed E-state index contributed by atoms with van der Waals surface area (Å²) < 4.78 is 9.97. The highest BCUT2D eigenvalue weighted by molar-refractivity contribution is 5.99. The van der Waals surface area contributed by atoms with Gasteiger partial charge in [0, 0.05) is 12.7 Å². The molecule has 0 atom stereocenters. The molecule has 1 amide bonds. The van der Waals surface area contributed by atoms with E-state index in [-0.39, 0.29) is 18.2 Å². The zero-order valence-electron chi connectivity index (χ0n) is 10.8. The van der Waals surface area contributed by atoms with Gasteiger partial charge in [0.25, 0.3) is 0 Å². The van der Waals surface area contributed by atoms with Gasteiger partial charge in [-0.1, -0.05) is 5.16 Å². The number of hydrogen-bond acceptors (Lipinski definition) is 5. The van der Waals surface area contributed by atoms with Crippen LogP contribution in [0, 0.1) is 0 Å². The number of nitrogens with two attached hydrogens (primary N) is 1. The van der Waals surface area contributed by atoms with E-state index in [1.165, 1.54) is 14.2 Å². The van der Waals surface area contributed by atoms with Crippen LogP contribution in [0.2, 0.25) is 0 Å². The van der Waals surface area contributed by atoms with Gasteiger partial charge in [0.1, 0.15) is 5.75 Å². The summed E-state index contributed by atoms with van der Waals surface area (Å²) >= 11 is 0. The molecule has 4 N–H and O–H groups in total. The third-order valence-corrected chi connectivity index (χ3v) is 2.41. The fraction of sp³-hybridized carbons (Fsp3) is 0.333. The predicted octanol–water partition coefficient (Wildman–Crippen LogP) is 0.765. The number of oxime groups is 1. The third kappa shape index (κ3) is 4.14. The quantitative estimate of drug-likeness (QED) is 0.305. The molecule has 1 aromatic carbocycles. The molecule has 0 aliphatic rings. The number of benzene rings is 1. The highest BCUT2D eigenvalue weighted by Gasteiger charge is 2.10. The van der Waals surface area contributed by atoms with Crippen molar-refractivity contribution >= 4 is 17.4 Å². The molecule has 19 heavy (non-hydrogen) atoms. The van der Waals surface area contributed by atoms with Crippen LogP contribution in [0.4, 0.5) is 5.69 Å². The lowest BCUT2D eigenvalue weighted by Gasteiger charge is -2.11. The van der Waals surface area contributed by atoms with E-state index in [1.807, 2.05) is 0 Å². The number of ether oxygens (including phenoxy) is 2. The molecule has 0 radical (unpaired) electrons. The minimum absolute atomic E-state index is 0.0319. The van der Waals surface area contributed by atoms with Crippen LogP contribution in [0.3, 0.4) is 0 Å². The average molecular weight is 267 g/mol. The number of rotatable bonds is 6. The smallest absolute Gasteiger partial charge is 0.226 e. The minimum Gasteiger partial charge on any atom is -0.495 e. The third-order valence-electron chi connectivity index (χ3n) is 2.41. The Morgan fingerprint density at radius 3 is 2.79 bits per heavy atom. The Morgan fingerprint density at radius 2 is 2.21 bits per heavy atom. The lowest BCUT2D eigenvalue weighted by atomic mass is 10.1. The summed E-state index contributed by atoms with van der Waals surface area (Å²) in [5.41, 5.74) is 6.48. The van der Waals surface area contributed by atoms with Crippen molar-refractivity contribution in [1.82, 2.24) is 0 Å². The Kier molecular flexibility index (Phi) is 5.62. The predicted molar refractivity (Wildman–Crippen MR) is 70.6 cm³/mol. The zero-order chi connectivity index (χ0) is 14.3. The van der Waals surface area contributed by atoms with Crippen LogP contribution in [0.15, 0.2) is 23.4 Å². The first kappa shape index (κ1) is 14.8. The van der Waals surface area contributed by atoms with Crippen LogP contribution in [0.1, 0.15) is 12.0 Å². The van der Waals surface area contributed by atoms with Crippen molar-refractivity contribution in [2.45, 2.75) is 6.42 Å². The molecule has 0 saturated carbocycles. The molecule has 0 aliphatic heterocycles. The first-order valence-corrected chi connectivity index (χ1v) is 5.57. The molecule has 7 heteroatoms. The zero-order valence-corrected chi connectivity index (χ0v) is 10.8.